The maximum Gasteiger partial charge on any atom is 0.412 e. The van der Waals surface area contributed by atoms with Crippen LogP contribution in [-0.2, 0) is 54.0 Å². The molecule has 0 aliphatic carbocycles. The molecule has 0 aliphatic rings. The Morgan fingerprint density at radius 1 is 1.21 bits per heavy atom. The summed E-state index contributed by atoms with van der Waals surface area (Å²) in [4.78, 5) is 24.0. The van der Waals surface area contributed by atoms with E-state index in [4.69, 9.17) is 9.29 Å². The van der Waals surface area contributed by atoms with Gasteiger partial charge in [-0.1, -0.05) is 5.56 Å². The Kier molecular flexibility index (Phi) is 11.3. The van der Waals surface area contributed by atoms with Gasteiger partial charge in [0.1, 0.15) is 11.4 Å². The summed E-state index contributed by atoms with van der Waals surface area (Å²) in [7, 11) is -3.67. The summed E-state index contributed by atoms with van der Waals surface area (Å²) in [5, 5.41) is 6.35. The summed E-state index contributed by atoms with van der Waals surface area (Å²) in [6.45, 7) is 5.41. The molecule has 7 nitrogen and oxygen atoms in total. The SMILES string of the molecule is CC(C)(C)OC(=O)Nc1cscc1CC(=O)c1cc[c-]cc1.CS(=O)(=O)O.[Y]. The molecule has 10 heteroatoms. The summed E-state index contributed by atoms with van der Waals surface area (Å²) in [6, 6.07) is 9.76. The van der Waals surface area contributed by atoms with E-state index in [1.807, 2.05) is 5.38 Å². The van der Waals surface area contributed by atoms with Gasteiger partial charge >= 0.3 is 6.09 Å². The molecular weight excluding hydrogens is 479 g/mol. The zero-order valence-electron chi connectivity index (χ0n) is 16.1. The zero-order chi connectivity index (χ0) is 20.7. The molecule has 2 rings (SSSR count). The van der Waals surface area contributed by atoms with Crippen LogP contribution >= 0.6 is 11.3 Å². The quantitative estimate of drug-likeness (QED) is 0.375. The number of Topliss-reactive ketones (excluding diaryl/α,β-unsaturated/α-hetero) is 1. The summed E-state index contributed by atoms with van der Waals surface area (Å²) < 4.78 is 31.1. The molecular formula is C18H22NO6S2Y-. The Bertz CT molecular complexity index is 865. The van der Waals surface area contributed by atoms with Crippen molar-refractivity contribution < 1.29 is 60.0 Å². The minimum absolute atomic E-state index is 0. The van der Waals surface area contributed by atoms with E-state index in [1.165, 1.54) is 11.3 Å². The van der Waals surface area contributed by atoms with Crippen LogP contribution in [0.25, 0.3) is 0 Å². The normalized spacial score (nSPS) is 10.8. The van der Waals surface area contributed by atoms with Gasteiger partial charge in [0.2, 0.25) is 0 Å². The van der Waals surface area contributed by atoms with Crippen molar-refractivity contribution in [3.05, 3.63) is 52.2 Å². The third-order valence-corrected chi connectivity index (χ3v) is 3.56. The molecule has 1 aromatic heterocycles. The standard InChI is InChI=1S/C17H18NO3S.CH4O3S.Y/c1-17(2,3)21-16(20)18-14-11-22-10-13(14)9-15(19)12-7-5-4-6-8-12;1-5(2,3)4;/h5-8,10-11H,9H2,1-3H3,(H,18,20);1H3,(H,2,3,4);/q-1;;. The van der Waals surface area contributed by atoms with Crippen LogP contribution in [0.2, 0.25) is 0 Å². The van der Waals surface area contributed by atoms with Crippen molar-refractivity contribution in [2.24, 2.45) is 0 Å². The van der Waals surface area contributed by atoms with Crippen LogP contribution in [0, 0.1) is 6.07 Å². The molecule has 28 heavy (non-hydrogen) atoms. The van der Waals surface area contributed by atoms with Gasteiger partial charge < -0.3 is 4.74 Å². The first-order valence-electron chi connectivity index (χ1n) is 7.82. The number of ketones is 1. The van der Waals surface area contributed by atoms with Crippen molar-refractivity contribution >= 4 is 39.0 Å². The number of amides is 1. The fourth-order valence-corrected chi connectivity index (χ4v) is 2.62. The number of carbonyl (C=O) groups excluding carboxylic acids is 2. The molecule has 0 bridgehead atoms. The number of anilines is 1. The number of hydrogen-bond donors (Lipinski definition) is 2. The second kappa shape index (κ2) is 11.8. The van der Waals surface area contributed by atoms with E-state index >= 15 is 0 Å². The van der Waals surface area contributed by atoms with Crippen molar-refractivity contribution in [2.75, 3.05) is 11.6 Å². The molecule has 2 aromatic rings. The van der Waals surface area contributed by atoms with Gasteiger partial charge in [0, 0.05) is 44.5 Å². The predicted octanol–water partition coefficient (Wildman–Crippen LogP) is 3.82. The van der Waals surface area contributed by atoms with Gasteiger partial charge in [-0.15, -0.1) is 11.3 Å². The molecule has 1 heterocycles. The fourth-order valence-electron chi connectivity index (χ4n) is 1.83. The van der Waals surface area contributed by atoms with Gasteiger partial charge in [-0.2, -0.15) is 38.7 Å². The maximum atomic E-state index is 12.2. The second-order valence-electron chi connectivity index (χ2n) is 6.56. The van der Waals surface area contributed by atoms with Crippen LogP contribution in [0.4, 0.5) is 10.5 Å². The molecule has 1 amide bonds. The van der Waals surface area contributed by atoms with Crippen molar-refractivity contribution in [3.8, 4) is 0 Å². The first kappa shape index (κ1) is 26.9. The maximum absolute atomic E-state index is 12.2. The van der Waals surface area contributed by atoms with Gasteiger partial charge in [0.15, 0.2) is 0 Å². The summed E-state index contributed by atoms with van der Waals surface area (Å²) in [6.07, 6.45) is 0.431. The van der Waals surface area contributed by atoms with Crippen LogP contribution in [0.3, 0.4) is 0 Å². The minimum Gasteiger partial charge on any atom is -0.444 e. The van der Waals surface area contributed by atoms with E-state index in [0.717, 1.165) is 5.56 Å². The molecule has 0 spiro atoms. The van der Waals surface area contributed by atoms with Crippen LogP contribution in [0.5, 0.6) is 0 Å². The molecule has 0 saturated carbocycles. The third-order valence-electron chi connectivity index (χ3n) is 2.77. The number of thiophene rings is 1. The second-order valence-corrected chi connectivity index (χ2v) is 8.77. The van der Waals surface area contributed by atoms with Crippen LogP contribution in [0.15, 0.2) is 35.0 Å². The number of nitrogens with one attached hydrogen (secondary N) is 1. The first-order valence-corrected chi connectivity index (χ1v) is 10.6. The Hall–Kier alpha value is -1.13. The van der Waals surface area contributed by atoms with Gasteiger partial charge in [0.05, 0.1) is 11.9 Å². The van der Waals surface area contributed by atoms with E-state index in [2.05, 4.69) is 11.4 Å². The number of rotatable bonds is 4. The van der Waals surface area contributed by atoms with Gasteiger partial charge in [-0.3, -0.25) is 14.7 Å². The van der Waals surface area contributed by atoms with E-state index in [0.29, 0.717) is 17.5 Å². The van der Waals surface area contributed by atoms with E-state index in [1.54, 1.807) is 50.4 Å². The summed E-state index contributed by atoms with van der Waals surface area (Å²) in [5.41, 5.74) is 1.48. The molecule has 1 aromatic carbocycles. The Labute approximate surface area is 194 Å². The molecule has 0 atom stereocenters. The van der Waals surface area contributed by atoms with Crippen molar-refractivity contribution in [1.29, 1.82) is 0 Å². The average Bonchev–Trinajstić information content (AvgIpc) is 2.91. The molecule has 1 radical (unpaired) electrons. The molecule has 0 aliphatic heterocycles. The number of benzene rings is 1. The molecule has 0 fully saturated rings. The predicted molar refractivity (Wildman–Crippen MR) is 105 cm³/mol. The van der Waals surface area contributed by atoms with Crippen LogP contribution in [-0.4, -0.2) is 36.7 Å². The van der Waals surface area contributed by atoms with E-state index in [9.17, 15) is 18.0 Å². The summed E-state index contributed by atoms with van der Waals surface area (Å²) >= 11 is 1.43. The van der Waals surface area contributed by atoms with Gasteiger partial charge in [-0.05, 0) is 31.7 Å². The minimum atomic E-state index is -3.67. The Balaban J connectivity index is 0.00000108. The van der Waals surface area contributed by atoms with Gasteiger partial charge in [0.25, 0.3) is 10.1 Å². The molecule has 0 saturated heterocycles. The smallest absolute Gasteiger partial charge is 0.412 e. The van der Waals surface area contributed by atoms with E-state index in [-0.39, 0.29) is 44.9 Å². The Morgan fingerprint density at radius 3 is 2.25 bits per heavy atom. The topological polar surface area (TPSA) is 110 Å². The molecule has 0 unspecified atom stereocenters. The monoisotopic (exact) mass is 501 g/mol. The van der Waals surface area contributed by atoms with Crippen molar-refractivity contribution in [2.45, 2.75) is 32.8 Å². The van der Waals surface area contributed by atoms with Crippen molar-refractivity contribution in [3.63, 3.8) is 0 Å². The first-order chi connectivity index (χ1) is 12.3. The zero-order valence-corrected chi connectivity index (χ0v) is 20.5. The number of ether oxygens (including phenoxy) is 1. The Morgan fingerprint density at radius 2 is 1.75 bits per heavy atom. The summed E-state index contributed by atoms with van der Waals surface area (Å²) in [5.74, 6) is -0.000335. The molecule has 2 N–H and O–H groups in total. The van der Waals surface area contributed by atoms with Crippen LogP contribution < -0.4 is 5.32 Å². The largest absolute Gasteiger partial charge is 0.444 e. The number of carbonyl (C=O) groups is 2. The average molecular weight is 501 g/mol. The van der Waals surface area contributed by atoms with Crippen molar-refractivity contribution in [1.82, 2.24) is 0 Å². The van der Waals surface area contributed by atoms with Crippen LogP contribution in [0.1, 0.15) is 36.7 Å². The molecule has 151 valence electrons. The van der Waals surface area contributed by atoms with E-state index < -0.39 is 21.8 Å². The fraction of sp³-hybridized carbons (Fsp3) is 0.333. The van der Waals surface area contributed by atoms with Gasteiger partial charge in [-0.25, -0.2) is 4.79 Å². The third kappa shape index (κ3) is 12.4. The number of hydrogen-bond acceptors (Lipinski definition) is 6.